The molecule has 0 unspecified atom stereocenters. The zero-order valence-electron chi connectivity index (χ0n) is 14.3. The van der Waals surface area contributed by atoms with Gasteiger partial charge in [0.15, 0.2) is 0 Å². The Morgan fingerprint density at radius 1 is 0.962 bits per heavy atom. The summed E-state index contributed by atoms with van der Waals surface area (Å²) in [5.41, 5.74) is 2.46. The smallest absolute Gasteiger partial charge is 0.267 e. The summed E-state index contributed by atoms with van der Waals surface area (Å²) < 4.78 is 1.25. The predicted molar refractivity (Wildman–Crippen MR) is 99.4 cm³/mol. The maximum absolute atomic E-state index is 12.7. The molecule has 4 rings (SSSR count). The van der Waals surface area contributed by atoms with Crippen molar-refractivity contribution in [1.82, 2.24) is 14.7 Å². The van der Waals surface area contributed by atoms with Crippen molar-refractivity contribution in [1.29, 1.82) is 0 Å². The lowest BCUT2D eigenvalue weighted by molar-refractivity contribution is -0.140. The number of carbonyl (C=O) groups is 1. The number of benzene rings is 2. The van der Waals surface area contributed by atoms with Crippen LogP contribution in [-0.2, 0) is 11.3 Å². The van der Waals surface area contributed by atoms with Gasteiger partial charge in [0.05, 0.1) is 11.7 Å². The first-order valence-electron chi connectivity index (χ1n) is 8.70. The Bertz CT molecular complexity index is 967. The fourth-order valence-corrected chi connectivity index (χ4v) is 3.25. The largest absolute Gasteiger partial charge is 0.334 e. The molecule has 1 aliphatic heterocycles. The molecule has 0 spiro atoms. The summed E-state index contributed by atoms with van der Waals surface area (Å²) in [6, 6.07) is 22.9. The average molecular weight is 345 g/mol. The molecular formula is C21H19N3O2. The molecule has 1 atom stereocenters. The van der Waals surface area contributed by atoms with E-state index in [1.165, 1.54) is 10.7 Å². The van der Waals surface area contributed by atoms with Crippen LogP contribution >= 0.6 is 0 Å². The first-order valence-corrected chi connectivity index (χ1v) is 8.70. The maximum atomic E-state index is 12.7. The molecule has 2 aromatic carbocycles. The first-order chi connectivity index (χ1) is 12.7. The Morgan fingerprint density at radius 2 is 1.65 bits per heavy atom. The second kappa shape index (κ2) is 6.96. The summed E-state index contributed by atoms with van der Waals surface area (Å²) in [5, 5.41) is 4.38. The van der Waals surface area contributed by atoms with E-state index < -0.39 is 0 Å². The highest BCUT2D eigenvalue weighted by Crippen LogP contribution is 2.33. The maximum Gasteiger partial charge on any atom is 0.267 e. The molecule has 1 amide bonds. The van der Waals surface area contributed by atoms with Crippen molar-refractivity contribution in [2.45, 2.75) is 19.0 Å². The molecule has 1 aromatic heterocycles. The van der Waals surface area contributed by atoms with Crippen molar-refractivity contribution in [2.75, 3.05) is 6.54 Å². The van der Waals surface area contributed by atoms with Crippen LogP contribution in [0, 0.1) is 0 Å². The van der Waals surface area contributed by atoms with Crippen LogP contribution in [0.5, 0.6) is 0 Å². The number of aromatic nitrogens is 2. The van der Waals surface area contributed by atoms with E-state index in [2.05, 4.69) is 5.10 Å². The second-order valence-electron chi connectivity index (χ2n) is 6.38. The molecule has 0 saturated carbocycles. The molecule has 1 saturated heterocycles. The monoisotopic (exact) mass is 345 g/mol. The molecule has 2 heterocycles. The first kappa shape index (κ1) is 16.3. The Labute approximate surface area is 151 Å². The van der Waals surface area contributed by atoms with Crippen molar-refractivity contribution in [3.05, 3.63) is 88.7 Å². The molecule has 0 radical (unpaired) electrons. The summed E-state index contributed by atoms with van der Waals surface area (Å²) in [6.07, 6.45) is 0.947. The van der Waals surface area contributed by atoms with E-state index in [0.717, 1.165) is 17.5 Å². The van der Waals surface area contributed by atoms with Crippen LogP contribution in [0.4, 0.5) is 0 Å². The van der Waals surface area contributed by atoms with Gasteiger partial charge in [0.1, 0.15) is 6.54 Å². The van der Waals surface area contributed by atoms with Crippen LogP contribution in [0.1, 0.15) is 18.0 Å². The Kier molecular flexibility index (Phi) is 4.35. The standard InChI is InChI=1S/C21H19N3O2/c25-20-12-11-18(16-7-3-1-4-8-16)22-24(20)15-21(26)23-14-13-19(23)17-9-5-2-6-10-17/h1-12,19H,13-15H2/t19-/m0/s1. The van der Waals surface area contributed by atoms with E-state index in [4.69, 9.17) is 0 Å². The van der Waals surface area contributed by atoms with Gasteiger partial charge >= 0.3 is 0 Å². The minimum Gasteiger partial charge on any atom is -0.334 e. The van der Waals surface area contributed by atoms with Gasteiger partial charge in [-0.25, -0.2) is 4.68 Å². The summed E-state index contributed by atoms with van der Waals surface area (Å²) in [7, 11) is 0. The molecule has 26 heavy (non-hydrogen) atoms. The molecule has 130 valence electrons. The van der Waals surface area contributed by atoms with Crippen molar-refractivity contribution in [2.24, 2.45) is 0 Å². The normalized spacial score (nSPS) is 16.2. The minimum absolute atomic E-state index is 0.0388. The van der Waals surface area contributed by atoms with Gasteiger partial charge in [-0.15, -0.1) is 0 Å². The quantitative estimate of drug-likeness (QED) is 0.731. The van der Waals surface area contributed by atoms with Gasteiger partial charge in [0.25, 0.3) is 5.56 Å². The van der Waals surface area contributed by atoms with Gasteiger partial charge in [-0.05, 0) is 18.1 Å². The molecule has 0 bridgehead atoms. The van der Waals surface area contributed by atoms with Crippen LogP contribution in [0.3, 0.4) is 0 Å². The highest BCUT2D eigenvalue weighted by Gasteiger charge is 2.33. The number of rotatable bonds is 4. The third kappa shape index (κ3) is 3.16. The van der Waals surface area contributed by atoms with Crippen LogP contribution in [0.25, 0.3) is 11.3 Å². The van der Waals surface area contributed by atoms with E-state index in [9.17, 15) is 9.59 Å². The Hall–Kier alpha value is -3.21. The molecule has 0 N–H and O–H groups in total. The third-order valence-corrected chi connectivity index (χ3v) is 4.75. The predicted octanol–water partition coefficient (Wildman–Crippen LogP) is 2.88. The van der Waals surface area contributed by atoms with Gasteiger partial charge in [0.2, 0.25) is 5.91 Å². The lowest BCUT2D eigenvalue weighted by Crippen LogP contribution is -2.47. The van der Waals surface area contributed by atoms with E-state index in [1.807, 2.05) is 65.6 Å². The van der Waals surface area contributed by atoms with Gasteiger partial charge in [-0.3, -0.25) is 9.59 Å². The van der Waals surface area contributed by atoms with Crippen molar-refractivity contribution >= 4 is 5.91 Å². The van der Waals surface area contributed by atoms with Crippen molar-refractivity contribution in [3.63, 3.8) is 0 Å². The van der Waals surface area contributed by atoms with E-state index >= 15 is 0 Å². The van der Waals surface area contributed by atoms with E-state index in [1.54, 1.807) is 6.07 Å². The third-order valence-electron chi connectivity index (χ3n) is 4.75. The summed E-state index contributed by atoms with van der Waals surface area (Å²) >= 11 is 0. The molecule has 0 aliphatic carbocycles. The molecule has 1 aliphatic rings. The van der Waals surface area contributed by atoms with Gasteiger partial charge < -0.3 is 4.90 Å². The number of hydrogen-bond donors (Lipinski definition) is 0. The van der Waals surface area contributed by atoms with Gasteiger partial charge in [-0.2, -0.15) is 5.10 Å². The zero-order chi connectivity index (χ0) is 17.9. The lowest BCUT2D eigenvalue weighted by atomic mass is 9.95. The van der Waals surface area contributed by atoms with Crippen LogP contribution in [-0.4, -0.2) is 27.1 Å². The molecule has 5 nitrogen and oxygen atoms in total. The minimum atomic E-state index is -0.269. The van der Waals surface area contributed by atoms with Crippen LogP contribution < -0.4 is 5.56 Å². The van der Waals surface area contributed by atoms with Crippen molar-refractivity contribution in [3.8, 4) is 11.3 Å². The number of hydrogen-bond acceptors (Lipinski definition) is 3. The summed E-state index contributed by atoms with van der Waals surface area (Å²) in [4.78, 5) is 26.7. The summed E-state index contributed by atoms with van der Waals surface area (Å²) in [5.74, 6) is -0.0788. The SMILES string of the molecule is O=C(Cn1nc(-c2ccccc2)ccc1=O)N1CC[C@H]1c1ccccc1. The topological polar surface area (TPSA) is 55.2 Å². The lowest BCUT2D eigenvalue weighted by Gasteiger charge is -2.41. The van der Waals surface area contributed by atoms with E-state index in [0.29, 0.717) is 12.2 Å². The molecular weight excluding hydrogens is 326 g/mol. The number of carbonyl (C=O) groups excluding carboxylic acids is 1. The molecule has 3 aromatic rings. The zero-order valence-corrected chi connectivity index (χ0v) is 14.3. The summed E-state index contributed by atoms with van der Waals surface area (Å²) in [6.45, 7) is 0.675. The highest BCUT2D eigenvalue weighted by molar-refractivity contribution is 5.77. The molecule has 1 fully saturated rings. The van der Waals surface area contributed by atoms with Crippen molar-refractivity contribution < 1.29 is 4.79 Å². The van der Waals surface area contributed by atoms with Gasteiger partial charge in [0, 0.05) is 18.2 Å². The Morgan fingerprint density at radius 3 is 2.31 bits per heavy atom. The Balaban J connectivity index is 1.54. The molecule has 5 heteroatoms. The van der Waals surface area contributed by atoms with Crippen LogP contribution in [0.2, 0.25) is 0 Å². The second-order valence-corrected chi connectivity index (χ2v) is 6.38. The number of likely N-dealkylation sites (tertiary alicyclic amines) is 1. The highest BCUT2D eigenvalue weighted by atomic mass is 16.2. The fourth-order valence-electron chi connectivity index (χ4n) is 3.25. The van der Waals surface area contributed by atoms with Crippen LogP contribution in [0.15, 0.2) is 77.6 Å². The van der Waals surface area contributed by atoms with Gasteiger partial charge in [-0.1, -0.05) is 60.7 Å². The average Bonchev–Trinajstić information content (AvgIpc) is 2.64. The van der Waals surface area contributed by atoms with E-state index in [-0.39, 0.29) is 24.1 Å². The number of nitrogens with zero attached hydrogens (tertiary/aromatic N) is 3. The fraction of sp³-hybridized carbons (Fsp3) is 0.190. The number of amides is 1.